The van der Waals surface area contributed by atoms with E-state index in [2.05, 4.69) is 5.32 Å². The number of benzene rings is 2. The molecule has 112 valence electrons. The highest BCUT2D eigenvalue weighted by Crippen LogP contribution is 2.19. The van der Waals surface area contributed by atoms with Gasteiger partial charge in [0, 0.05) is 24.2 Å². The molecule has 2 rings (SSSR count). The first-order chi connectivity index (χ1) is 10.1. The molecular weight excluding hydrogens is 269 g/mol. The Kier molecular flexibility index (Phi) is 5.17. The third-order valence-corrected chi connectivity index (χ3v) is 3.47. The van der Waals surface area contributed by atoms with Crippen molar-refractivity contribution < 1.29 is 13.9 Å². The third kappa shape index (κ3) is 3.95. The van der Waals surface area contributed by atoms with Gasteiger partial charge in [0.1, 0.15) is 17.3 Å². The quantitative estimate of drug-likeness (QED) is 0.879. The standard InChI is InChI=1S/C17H20FNO2/c1-12(13-4-7-15(20-2)8-5-13)19-11-14-6-9-16(21-3)10-17(14)18/h4-10,12,19H,11H2,1-3H3. The molecule has 3 nitrogen and oxygen atoms in total. The van der Waals surface area contributed by atoms with E-state index in [0.29, 0.717) is 17.9 Å². The van der Waals surface area contributed by atoms with Gasteiger partial charge in [0.05, 0.1) is 14.2 Å². The summed E-state index contributed by atoms with van der Waals surface area (Å²) in [5.74, 6) is 1.09. The molecule has 0 radical (unpaired) electrons. The molecule has 1 atom stereocenters. The van der Waals surface area contributed by atoms with Gasteiger partial charge >= 0.3 is 0 Å². The normalized spacial score (nSPS) is 12.0. The van der Waals surface area contributed by atoms with Gasteiger partial charge in [0.2, 0.25) is 0 Å². The van der Waals surface area contributed by atoms with E-state index in [1.807, 2.05) is 31.2 Å². The summed E-state index contributed by atoms with van der Waals surface area (Å²) in [6.45, 7) is 2.51. The van der Waals surface area contributed by atoms with Gasteiger partial charge in [0.15, 0.2) is 0 Å². The summed E-state index contributed by atoms with van der Waals surface area (Å²) in [6.07, 6.45) is 0. The maximum absolute atomic E-state index is 13.9. The Bertz CT molecular complexity index is 584. The van der Waals surface area contributed by atoms with Gasteiger partial charge in [-0.25, -0.2) is 4.39 Å². The van der Waals surface area contributed by atoms with E-state index in [9.17, 15) is 4.39 Å². The van der Waals surface area contributed by atoms with E-state index in [4.69, 9.17) is 9.47 Å². The van der Waals surface area contributed by atoms with Gasteiger partial charge in [0.25, 0.3) is 0 Å². The zero-order valence-electron chi connectivity index (χ0n) is 12.5. The molecule has 0 amide bonds. The van der Waals surface area contributed by atoms with Gasteiger partial charge in [-0.3, -0.25) is 0 Å². The average Bonchev–Trinajstić information content (AvgIpc) is 2.53. The van der Waals surface area contributed by atoms with Crippen LogP contribution >= 0.6 is 0 Å². The molecule has 2 aromatic rings. The van der Waals surface area contributed by atoms with Crippen LogP contribution in [0.3, 0.4) is 0 Å². The van der Waals surface area contributed by atoms with E-state index < -0.39 is 0 Å². The summed E-state index contributed by atoms with van der Waals surface area (Å²) in [7, 11) is 3.17. The fourth-order valence-corrected chi connectivity index (χ4v) is 2.07. The lowest BCUT2D eigenvalue weighted by Gasteiger charge is -2.15. The molecule has 0 aliphatic rings. The van der Waals surface area contributed by atoms with Crippen LogP contribution < -0.4 is 14.8 Å². The Labute approximate surface area is 124 Å². The molecule has 0 fully saturated rings. The fraction of sp³-hybridized carbons (Fsp3) is 0.294. The van der Waals surface area contributed by atoms with E-state index >= 15 is 0 Å². The zero-order chi connectivity index (χ0) is 15.2. The summed E-state index contributed by atoms with van der Waals surface area (Å²) < 4.78 is 24.0. The van der Waals surface area contributed by atoms with Crippen molar-refractivity contribution in [2.24, 2.45) is 0 Å². The van der Waals surface area contributed by atoms with Gasteiger partial charge < -0.3 is 14.8 Å². The second kappa shape index (κ2) is 7.09. The summed E-state index contributed by atoms with van der Waals surface area (Å²) >= 11 is 0. The first-order valence-electron chi connectivity index (χ1n) is 6.83. The zero-order valence-corrected chi connectivity index (χ0v) is 12.5. The molecule has 0 saturated carbocycles. The van der Waals surface area contributed by atoms with E-state index in [-0.39, 0.29) is 11.9 Å². The van der Waals surface area contributed by atoms with Crippen LogP contribution in [-0.2, 0) is 6.54 Å². The van der Waals surface area contributed by atoms with Crippen molar-refractivity contribution in [2.75, 3.05) is 14.2 Å². The second-order valence-corrected chi connectivity index (χ2v) is 4.83. The predicted octanol–water partition coefficient (Wildman–Crippen LogP) is 3.69. The Balaban J connectivity index is 1.98. The topological polar surface area (TPSA) is 30.5 Å². The van der Waals surface area contributed by atoms with Crippen LogP contribution in [0, 0.1) is 5.82 Å². The van der Waals surface area contributed by atoms with Crippen molar-refractivity contribution in [3.8, 4) is 11.5 Å². The van der Waals surface area contributed by atoms with Gasteiger partial charge in [-0.2, -0.15) is 0 Å². The molecule has 0 aliphatic heterocycles. The Morgan fingerprint density at radius 2 is 1.62 bits per heavy atom. The van der Waals surface area contributed by atoms with Gasteiger partial charge in [-0.15, -0.1) is 0 Å². The summed E-state index contributed by atoms with van der Waals surface area (Å²) in [5, 5.41) is 3.31. The lowest BCUT2D eigenvalue weighted by atomic mass is 10.1. The smallest absolute Gasteiger partial charge is 0.131 e. The molecule has 0 aliphatic carbocycles. The molecule has 21 heavy (non-hydrogen) atoms. The van der Waals surface area contributed by atoms with E-state index in [0.717, 1.165) is 11.3 Å². The van der Waals surface area contributed by atoms with Crippen LogP contribution in [0.15, 0.2) is 42.5 Å². The maximum atomic E-state index is 13.9. The minimum absolute atomic E-state index is 0.123. The Morgan fingerprint density at radius 1 is 1.00 bits per heavy atom. The van der Waals surface area contributed by atoms with Gasteiger partial charge in [-0.05, 0) is 30.7 Å². The van der Waals surface area contributed by atoms with Crippen LogP contribution in [-0.4, -0.2) is 14.2 Å². The molecular formula is C17H20FNO2. The average molecular weight is 289 g/mol. The number of hydrogen-bond acceptors (Lipinski definition) is 3. The lowest BCUT2D eigenvalue weighted by molar-refractivity contribution is 0.410. The summed E-state index contributed by atoms with van der Waals surface area (Å²) in [4.78, 5) is 0. The molecule has 0 saturated heterocycles. The number of hydrogen-bond donors (Lipinski definition) is 1. The van der Waals surface area contributed by atoms with Crippen LogP contribution in [0.4, 0.5) is 4.39 Å². The van der Waals surface area contributed by atoms with E-state index in [1.54, 1.807) is 19.2 Å². The molecule has 4 heteroatoms. The number of methoxy groups -OCH3 is 2. The van der Waals surface area contributed by atoms with Crippen LogP contribution in [0.2, 0.25) is 0 Å². The SMILES string of the molecule is COc1ccc(C(C)NCc2ccc(OC)cc2F)cc1. The highest BCUT2D eigenvalue weighted by atomic mass is 19.1. The molecule has 2 aromatic carbocycles. The number of nitrogens with one attached hydrogen (secondary N) is 1. The Hall–Kier alpha value is -2.07. The highest BCUT2D eigenvalue weighted by Gasteiger charge is 2.08. The van der Waals surface area contributed by atoms with Crippen molar-refractivity contribution >= 4 is 0 Å². The fourth-order valence-electron chi connectivity index (χ4n) is 2.07. The van der Waals surface area contributed by atoms with Crippen molar-refractivity contribution in [3.63, 3.8) is 0 Å². The highest BCUT2D eigenvalue weighted by molar-refractivity contribution is 5.30. The monoisotopic (exact) mass is 289 g/mol. The number of halogens is 1. The van der Waals surface area contributed by atoms with Crippen LogP contribution in [0.1, 0.15) is 24.1 Å². The predicted molar refractivity (Wildman–Crippen MR) is 81.2 cm³/mol. The summed E-state index contributed by atoms with van der Waals surface area (Å²) in [6, 6.07) is 12.9. The molecule has 0 heterocycles. The largest absolute Gasteiger partial charge is 0.497 e. The van der Waals surface area contributed by atoms with Gasteiger partial charge in [-0.1, -0.05) is 18.2 Å². The Morgan fingerprint density at radius 3 is 2.19 bits per heavy atom. The van der Waals surface area contributed by atoms with Crippen molar-refractivity contribution in [2.45, 2.75) is 19.5 Å². The van der Waals surface area contributed by atoms with Crippen molar-refractivity contribution in [3.05, 3.63) is 59.4 Å². The third-order valence-electron chi connectivity index (χ3n) is 3.47. The van der Waals surface area contributed by atoms with E-state index in [1.165, 1.54) is 13.2 Å². The minimum atomic E-state index is -0.260. The maximum Gasteiger partial charge on any atom is 0.131 e. The molecule has 0 bridgehead atoms. The lowest BCUT2D eigenvalue weighted by Crippen LogP contribution is -2.18. The van der Waals surface area contributed by atoms with Crippen molar-refractivity contribution in [1.29, 1.82) is 0 Å². The first-order valence-corrected chi connectivity index (χ1v) is 6.83. The van der Waals surface area contributed by atoms with Crippen molar-refractivity contribution in [1.82, 2.24) is 5.32 Å². The minimum Gasteiger partial charge on any atom is -0.497 e. The molecule has 0 aromatic heterocycles. The molecule has 0 spiro atoms. The number of ether oxygens (including phenoxy) is 2. The second-order valence-electron chi connectivity index (χ2n) is 4.83. The number of rotatable bonds is 6. The molecule has 1 unspecified atom stereocenters. The summed E-state index contributed by atoms with van der Waals surface area (Å²) in [5.41, 5.74) is 1.75. The molecule has 1 N–H and O–H groups in total. The van der Waals surface area contributed by atoms with Crippen LogP contribution in [0.25, 0.3) is 0 Å². The first kappa shape index (κ1) is 15.3. The van der Waals surface area contributed by atoms with Crippen LogP contribution in [0.5, 0.6) is 11.5 Å².